The highest BCUT2D eigenvalue weighted by atomic mass is 79.9. The Balaban J connectivity index is 1.90. The largest absolute Gasteiger partial charge is 0.352 e. The van der Waals surface area contributed by atoms with Crippen LogP contribution in [0, 0.1) is 5.92 Å². The van der Waals surface area contributed by atoms with Gasteiger partial charge in [0, 0.05) is 15.9 Å². The lowest BCUT2D eigenvalue weighted by molar-refractivity contribution is -0.123. The number of amides is 1. The molecule has 6 heteroatoms. The molecule has 25 heavy (non-hydrogen) atoms. The summed E-state index contributed by atoms with van der Waals surface area (Å²) in [6.45, 7) is 6.07. The summed E-state index contributed by atoms with van der Waals surface area (Å²) in [7, 11) is 0. The van der Waals surface area contributed by atoms with E-state index < -0.39 is 0 Å². The van der Waals surface area contributed by atoms with Crippen molar-refractivity contribution in [2.75, 3.05) is 0 Å². The molecule has 2 aromatic rings. The van der Waals surface area contributed by atoms with Gasteiger partial charge in [-0.25, -0.2) is 4.68 Å². The highest BCUT2D eigenvalue weighted by Crippen LogP contribution is 2.29. The second-order valence-electron chi connectivity index (χ2n) is 7.24. The Bertz CT molecular complexity index is 856. The van der Waals surface area contributed by atoms with Gasteiger partial charge in [0.25, 0.3) is 5.56 Å². The molecule has 1 aromatic carbocycles. The van der Waals surface area contributed by atoms with E-state index in [1.165, 1.54) is 23.9 Å². The second-order valence-corrected chi connectivity index (χ2v) is 8.16. The fraction of sp³-hybridized carbons (Fsp3) is 0.526. The number of nitrogens with zero attached hydrogens (tertiary/aromatic N) is 2. The van der Waals surface area contributed by atoms with Gasteiger partial charge in [-0.1, -0.05) is 36.2 Å². The van der Waals surface area contributed by atoms with Crippen molar-refractivity contribution in [2.45, 2.75) is 58.5 Å². The quantitative estimate of drug-likeness (QED) is 0.826. The highest BCUT2D eigenvalue weighted by Gasteiger charge is 2.25. The van der Waals surface area contributed by atoms with Crippen LogP contribution in [0.3, 0.4) is 0 Å². The van der Waals surface area contributed by atoms with Crippen LogP contribution in [0.2, 0.25) is 0 Å². The van der Waals surface area contributed by atoms with Gasteiger partial charge in [-0.15, -0.1) is 0 Å². The van der Waals surface area contributed by atoms with Gasteiger partial charge in [0.2, 0.25) is 5.91 Å². The Morgan fingerprint density at radius 2 is 2.04 bits per heavy atom. The number of benzene rings is 1. The molecule has 0 bridgehead atoms. The van der Waals surface area contributed by atoms with Crippen LogP contribution in [0.1, 0.15) is 51.6 Å². The predicted molar refractivity (Wildman–Crippen MR) is 103 cm³/mol. The zero-order chi connectivity index (χ0) is 18.1. The third-order valence-electron chi connectivity index (χ3n) is 5.04. The minimum Gasteiger partial charge on any atom is -0.352 e. The van der Waals surface area contributed by atoms with Crippen LogP contribution >= 0.6 is 15.9 Å². The van der Waals surface area contributed by atoms with Crippen molar-refractivity contribution in [2.24, 2.45) is 5.92 Å². The fourth-order valence-electron chi connectivity index (χ4n) is 3.31. The molecule has 0 saturated heterocycles. The zero-order valence-corrected chi connectivity index (χ0v) is 16.5. The van der Waals surface area contributed by atoms with Gasteiger partial charge in [0.15, 0.2) is 0 Å². The minimum absolute atomic E-state index is 0.0401. The SMILES string of the molecule is CC(C)c1nn(CC(=O)NC(C)C2CCC2)c(=O)c2ccc(Br)cc12. The molecule has 0 aliphatic heterocycles. The summed E-state index contributed by atoms with van der Waals surface area (Å²) in [6, 6.07) is 5.71. The number of aromatic nitrogens is 2. The first-order valence-corrected chi connectivity index (χ1v) is 9.65. The lowest BCUT2D eigenvalue weighted by Crippen LogP contribution is -2.43. The average Bonchev–Trinajstić information content (AvgIpc) is 2.47. The summed E-state index contributed by atoms with van der Waals surface area (Å²) in [6.07, 6.45) is 3.58. The summed E-state index contributed by atoms with van der Waals surface area (Å²) in [5, 5.41) is 8.95. The third kappa shape index (κ3) is 3.78. The first kappa shape index (κ1) is 18.1. The van der Waals surface area contributed by atoms with Gasteiger partial charge in [0.1, 0.15) is 6.54 Å². The van der Waals surface area contributed by atoms with Gasteiger partial charge in [-0.3, -0.25) is 9.59 Å². The molecule has 5 nitrogen and oxygen atoms in total. The van der Waals surface area contributed by atoms with Gasteiger partial charge >= 0.3 is 0 Å². The number of carbonyl (C=O) groups is 1. The van der Waals surface area contributed by atoms with Gasteiger partial charge in [-0.2, -0.15) is 5.10 Å². The highest BCUT2D eigenvalue weighted by molar-refractivity contribution is 9.10. The van der Waals surface area contributed by atoms with E-state index in [4.69, 9.17) is 0 Å². The van der Waals surface area contributed by atoms with Crippen molar-refractivity contribution in [3.63, 3.8) is 0 Å². The van der Waals surface area contributed by atoms with Crippen LogP contribution < -0.4 is 10.9 Å². The van der Waals surface area contributed by atoms with Crippen LogP contribution in [0.25, 0.3) is 10.8 Å². The molecule has 1 amide bonds. The Hall–Kier alpha value is -1.69. The molecule has 0 radical (unpaired) electrons. The van der Waals surface area contributed by atoms with E-state index >= 15 is 0 Å². The number of nitrogens with one attached hydrogen (secondary N) is 1. The van der Waals surface area contributed by atoms with Crippen LogP contribution in [-0.4, -0.2) is 21.7 Å². The number of fused-ring (bicyclic) bond motifs is 1. The predicted octanol–water partition coefficient (Wildman–Crippen LogP) is 3.59. The maximum absolute atomic E-state index is 12.7. The maximum atomic E-state index is 12.7. The summed E-state index contributed by atoms with van der Waals surface area (Å²) in [5.41, 5.74) is 0.606. The van der Waals surface area contributed by atoms with Crippen molar-refractivity contribution in [1.29, 1.82) is 0 Å². The molecule has 1 N–H and O–H groups in total. The van der Waals surface area contributed by atoms with Crippen LogP contribution in [0.15, 0.2) is 27.5 Å². The molecule has 0 spiro atoms. The van der Waals surface area contributed by atoms with Crippen molar-refractivity contribution in [3.05, 3.63) is 38.7 Å². The van der Waals surface area contributed by atoms with E-state index in [0.29, 0.717) is 11.3 Å². The average molecular weight is 406 g/mol. The number of hydrogen-bond acceptors (Lipinski definition) is 3. The number of hydrogen-bond donors (Lipinski definition) is 1. The van der Waals surface area contributed by atoms with Crippen molar-refractivity contribution in [3.8, 4) is 0 Å². The van der Waals surface area contributed by atoms with E-state index in [9.17, 15) is 9.59 Å². The molecule has 1 atom stereocenters. The molecule has 1 unspecified atom stereocenters. The van der Waals surface area contributed by atoms with Gasteiger partial charge in [0.05, 0.1) is 11.1 Å². The normalized spacial score (nSPS) is 16.0. The zero-order valence-electron chi connectivity index (χ0n) is 14.9. The summed E-state index contributed by atoms with van der Waals surface area (Å²) >= 11 is 3.45. The smallest absolute Gasteiger partial charge is 0.275 e. The van der Waals surface area contributed by atoms with Crippen LogP contribution in [0.4, 0.5) is 0 Å². The van der Waals surface area contributed by atoms with Gasteiger partial charge in [-0.05, 0) is 49.8 Å². The van der Waals surface area contributed by atoms with Crippen LogP contribution in [-0.2, 0) is 11.3 Å². The van der Waals surface area contributed by atoms with E-state index in [2.05, 4.69) is 26.3 Å². The Morgan fingerprint density at radius 1 is 1.32 bits per heavy atom. The minimum atomic E-state index is -0.224. The van der Waals surface area contributed by atoms with E-state index in [0.717, 1.165) is 15.6 Å². The monoisotopic (exact) mass is 405 g/mol. The molecule has 134 valence electrons. The molecule has 1 heterocycles. The van der Waals surface area contributed by atoms with Crippen LogP contribution in [0.5, 0.6) is 0 Å². The summed E-state index contributed by atoms with van der Waals surface area (Å²) in [5.74, 6) is 0.564. The van der Waals surface area contributed by atoms with E-state index in [-0.39, 0.29) is 30.0 Å². The first-order valence-electron chi connectivity index (χ1n) is 8.86. The second kappa shape index (κ2) is 7.28. The number of rotatable bonds is 5. The summed E-state index contributed by atoms with van der Waals surface area (Å²) < 4.78 is 2.21. The maximum Gasteiger partial charge on any atom is 0.275 e. The molecule has 1 aromatic heterocycles. The molecular weight excluding hydrogens is 382 g/mol. The van der Waals surface area contributed by atoms with E-state index in [1.54, 1.807) is 6.07 Å². The third-order valence-corrected chi connectivity index (χ3v) is 5.53. The number of halogens is 1. The molecule has 1 aliphatic carbocycles. The Morgan fingerprint density at radius 3 is 2.64 bits per heavy atom. The molecular formula is C19H24BrN3O2. The Kier molecular flexibility index (Phi) is 5.27. The summed E-state index contributed by atoms with van der Waals surface area (Å²) in [4.78, 5) is 25.1. The van der Waals surface area contributed by atoms with Crippen molar-refractivity contribution < 1.29 is 4.79 Å². The lowest BCUT2D eigenvalue weighted by Gasteiger charge is -2.31. The molecule has 3 rings (SSSR count). The first-order chi connectivity index (χ1) is 11.9. The topological polar surface area (TPSA) is 64.0 Å². The van der Waals surface area contributed by atoms with E-state index in [1.807, 2.05) is 32.9 Å². The lowest BCUT2D eigenvalue weighted by atomic mass is 9.80. The fourth-order valence-corrected chi connectivity index (χ4v) is 3.67. The standard InChI is InChI=1S/C19H24BrN3O2/c1-11(2)18-16-9-14(20)7-8-15(16)19(25)23(22-18)10-17(24)21-12(3)13-5-4-6-13/h7-9,11-13H,4-6,10H2,1-3H3,(H,21,24). The van der Waals surface area contributed by atoms with Crippen molar-refractivity contribution >= 4 is 32.6 Å². The Labute approximate surface area is 155 Å². The number of carbonyl (C=O) groups excluding carboxylic acids is 1. The van der Waals surface area contributed by atoms with Crippen molar-refractivity contribution in [1.82, 2.24) is 15.1 Å². The molecule has 1 saturated carbocycles. The van der Waals surface area contributed by atoms with Gasteiger partial charge < -0.3 is 5.32 Å². The molecule has 1 aliphatic rings. The molecule has 1 fully saturated rings.